The summed E-state index contributed by atoms with van der Waals surface area (Å²) in [5, 5.41) is 5.66. The van der Waals surface area contributed by atoms with Gasteiger partial charge in [0.2, 0.25) is 0 Å². The zero-order valence-electron chi connectivity index (χ0n) is 10.2. The van der Waals surface area contributed by atoms with Gasteiger partial charge in [0, 0.05) is 10.9 Å². The summed E-state index contributed by atoms with van der Waals surface area (Å²) in [4.78, 5) is 1.54. The molecule has 0 saturated heterocycles. The van der Waals surface area contributed by atoms with Gasteiger partial charge in [0.25, 0.3) is 0 Å². The Kier molecular flexibility index (Phi) is 4.86. The smallest absolute Gasteiger partial charge is 0.00668 e. The molecule has 1 unspecified atom stereocenters. The summed E-state index contributed by atoms with van der Waals surface area (Å²) < 4.78 is 0. The Morgan fingerprint density at radius 1 is 1.50 bits per heavy atom. The SMILES string of the molecule is CNC(CCCc1cccs1)CC1CCC1. The second-order valence-electron chi connectivity index (χ2n) is 4.99. The van der Waals surface area contributed by atoms with Crippen molar-refractivity contribution in [2.24, 2.45) is 5.92 Å². The van der Waals surface area contributed by atoms with Crippen LogP contribution in [0, 0.1) is 5.92 Å². The number of hydrogen-bond donors (Lipinski definition) is 1. The first-order valence-corrected chi connectivity index (χ1v) is 7.46. The van der Waals surface area contributed by atoms with Gasteiger partial charge in [-0.05, 0) is 50.1 Å². The molecule has 0 radical (unpaired) electrons. The van der Waals surface area contributed by atoms with Crippen molar-refractivity contribution in [3.05, 3.63) is 22.4 Å². The molecular weight excluding hydrogens is 214 g/mol. The summed E-state index contributed by atoms with van der Waals surface area (Å²) in [6.45, 7) is 0. The standard InChI is InChI=1S/C14H23NS/c1-15-13(11-12-5-2-6-12)7-3-8-14-9-4-10-16-14/h4,9-10,12-13,15H,2-3,5-8,11H2,1H3. The summed E-state index contributed by atoms with van der Waals surface area (Å²) in [5.74, 6) is 1.03. The zero-order chi connectivity index (χ0) is 11.2. The summed E-state index contributed by atoms with van der Waals surface area (Å²) in [7, 11) is 2.12. The van der Waals surface area contributed by atoms with Gasteiger partial charge in [-0.1, -0.05) is 25.3 Å². The van der Waals surface area contributed by atoms with Crippen LogP contribution >= 0.6 is 11.3 Å². The molecule has 0 bridgehead atoms. The highest BCUT2D eigenvalue weighted by Gasteiger charge is 2.20. The first kappa shape index (κ1) is 12.1. The van der Waals surface area contributed by atoms with Crippen LogP contribution in [0.5, 0.6) is 0 Å². The van der Waals surface area contributed by atoms with Crippen LogP contribution in [0.2, 0.25) is 0 Å². The Labute approximate surface area is 103 Å². The number of thiophene rings is 1. The van der Waals surface area contributed by atoms with Gasteiger partial charge >= 0.3 is 0 Å². The maximum Gasteiger partial charge on any atom is 0.00668 e. The third kappa shape index (κ3) is 3.60. The number of hydrogen-bond acceptors (Lipinski definition) is 2. The minimum absolute atomic E-state index is 0.755. The minimum Gasteiger partial charge on any atom is -0.317 e. The molecule has 1 aliphatic carbocycles. The average molecular weight is 237 g/mol. The molecule has 1 N–H and O–H groups in total. The van der Waals surface area contributed by atoms with E-state index in [1.807, 2.05) is 11.3 Å². The van der Waals surface area contributed by atoms with Crippen LogP contribution in [0.4, 0.5) is 0 Å². The van der Waals surface area contributed by atoms with Gasteiger partial charge in [0.15, 0.2) is 0 Å². The van der Waals surface area contributed by atoms with E-state index in [1.165, 1.54) is 44.9 Å². The Hall–Kier alpha value is -0.340. The third-order valence-corrected chi connectivity index (χ3v) is 4.74. The Morgan fingerprint density at radius 2 is 2.38 bits per heavy atom. The molecule has 1 fully saturated rings. The lowest BCUT2D eigenvalue weighted by molar-refractivity contribution is 0.257. The molecule has 0 aromatic carbocycles. The van der Waals surface area contributed by atoms with Crippen molar-refractivity contribution in [1.82, 2.24) is 5.32 Å². The van der Waals surface area contributed by atoms with Crippen molar-refractivity contribution in [3.8, 4) is 0 Å². The number of nitrogens with one attached hydrogen (secondary N) is 1. The second-order valence-corrected chi connectivity index (χ2v) is 6.02. The van der Waals surface area contributed by atoms with Gasteiger partial charge in [0.1, 0.15) is 0 Å². The fourth-order valence-electron chi connectivity index (χ4n) is 2.49. The molecule has 0 aliphatic heterocycles. The van der Waals surface area contributed by atoms with Crippen molar-refractivity contribution >= 4 is 11.3 Å². The molecule has 2 rings (SSSR count). The summed E-state index contributed by atoms with van der Waals surface area (Å²) in [6, 6.07) is 5.17. The summed E-state index contributed by atoms with van der Waals surface area (Å²) in [5.41, 5.74) is 0. The van der Waals surface area contributed by atoms with Crippen LogP contribution < -0.4 is 5.32 Å². The number of rotatable bonds is 7. The predicted octanol–water partition coefficient (Wildman–Crippen LogP) is 3.85. The first-order chi connectivity index (χ1) is 7.88. The molecule has 2 heteroatoms. The highest BCUT2D eigenvalue weighted by Crippen LogP contribution is 2.31. The fraction of sp³-hybridized carbons (Fsp3) is 0.714. The number of aryl methyl sites for hydroxylation is 1. The van der Waals surface area contributed by atoms with E-state index in [9.17, 15) is 0 Å². The van der Waals surface area contributed by atoms with E-state index >= 15 is 0 Å². The fourth-order valence-corrected chi connectivity index (χ4v) is 3.24. The molecule has 1 nitrogen and oxygen atoms in total. The van der Waals surface area contributed by atoms with E-state index in [2.05, 4.69) is 29.9 Å². The van der Waals surface area contributed by atoms with Crippen molar-refractivity contribution in [2.45, 2.75) is 51.0 Å². The van der Waals surface area contributed by atoms with Gasteiger partial charge in [-0.25, -0.2) is 0 Å². The Bertz CT molecular complexity index is 277. The van der Waals surface area contributed by atoms with E-state index in [0.29, 0.717) is 0 Å². The lowest BCUT2D eigenvalue weighted by Gasteiger charge is -2.29. The van der Waals surface area contributed by atoms with Crippen molar-refractivity contribution in [2.75, 3.05) is 7.05 Å². The van der Waals surface area contributed by atoms with Crippen LogP contribution in [-0.2, 0) is 6.42 Å². The monoisotopic (exact) mass is 237 g/mol. The van der Waals surface area contributed by atoms with Crippen LogP contribution in [0.3, 0.4) is 0 Å². The van der Waals surface area contributed by atoms with Gasteiger partial charge in [-0.15, -0.1) is 11.3 Å². The predicted molar refractivity (Wildman–Crippen MR) is 72.1 cm³/mol. The zero-order valence-corrected chi connectivity index (χ0v) is 11.1. The van der Waals surface area contributed by atoms with E-state index in [-0.39, 0.29) is 0 Å². The van der Waals surface area contributed by atoms with Gasteiger partial charge < -0.3 is 5.32 Å². The second kappa shape index (κ2) is 6.41. The minimum atomic E-state index is 0.755. The quantitative estimate of drug-likeness (QED) is 0.759. The Balaban J connectivity index is 1.62. The van der Waals surface area contributed by atoms with E-state index < -0.39 is 0 Å². The third-order valence-electron chi connectivity index (χ3n) is 3.81. The Morgan fingerprint density at radius 3 is 2.94 bits per heavy atom. The van der Waals surface area contributed by atoms with Crippen LogP contribution in [-0.4, -0.2) is 13.1 Å². The molecule has 0 amide bonds. The van der Waals surface area contributed by atoms with Gasteiger partial charge in [-0.3, -0.25) is 0 Å². The molecule has 16 heavy (non-hydrogen) atoms. The molecule has 1 saturated carbocycles. The highest BCUT2D eigenvalue weighted by molar-refractivity contribution is 7.09. The van der Waals surface area contributed by atoms with Crippen LogP contribution in [0.25, 0.3) is 0 Å². The van der Waals surface area contributed by atoms with Gasteiger partial charge in [0.05, 0.1) is 0 Å². The largest absolute Gasteiger partial charge is 0.317 e. The average Bonchev–Trinajstić information content (AvgIpc) is 2.73. The van der Waals surface area contributed by atoms with Crippen molar-refractivity contribution < 1.29 is 0 Å². The summed E-state index contributed by atoms with van der Waals surface area (Å²) in [6.07, 6.45) is 9.76. The molecule has 1 atom stereocenters. The topological polar surface area (TPSA) is 12.0 Å². The molecule has 1 aromatic heterocycles. The normalized spacial score (nSPS) is 18.3. The van der Waals surface area contributed by atoms with Crippen molar-refractivity contribution in [3.63, 3.8) is 0 Å². The van der Waals surface area contributed by atoms with E-state index in [0.717, 1.165) is 12.0 Å². The van der Waals surface area contributed by atoms with Crippen LogP contribution in [0.15, 0.2) is 17.5 Å². The molecule has 0 spiro atoms. The lowest BCUT2D eigenvalue weighted by atomic mass is 9.80. The van der Waals surface area contributed by atoms with E-state index in [4.69, 9.17) is 0 Å². The molecule has 1 aliphatic rings. The van der Waals surface area contributed by atoms with Crippen molar-refractivity contribution in [1.29, 1.82) is 0 Å². The maximum absolute atomic E-state index is 3.48. The molecule has 90 valence electrons. The summed E-state index contributed by atoms with van der Waals surface area (Å²) >= 11 is 1.89. The lowest BCUT2D eigenvalue weighted by Crippen LogP contribution is -2.30. The first-order valence-electron chi connectivity index (χ1n) is 6.58. The molecule has 1 aromatic rings. The molecule has 1 heterocycles. The van der Waals surface area contributed by atoms with E-state index in [1.54, 1.807) is 4.88 Å². The maximum atomic E-state index is 3.48. The molecular formula is C14H23NS. The highest BCUT2D eigenvalue weighted by atomic mass is 32.1. The van der Waals surface area contributed by atoms with Crippen LogP contribution in [0.1, 0.15) is 43.4 Å². The van der Waals surface area contributed by atoms with Gasteiger partial charge in [-0.2, -0.15) is 0 Å².